The van der Waals surface area contributed by atoms with Crippen LogP contribution in [0.4, 0.5) is 0 Å². The van der Waals surface area contributed by atoms with E-state index in [1.165, 1.54) is 25.9 Å². The Morgan fingerprint density at radius 1 is 1.27 bits per heavy atom. The molecule has 3 saturated heterocycles. The third-order valence-electron chi connectivity index (χ3n) is 3.52. The normalized spacial score (nSPS) is 47.7. The van der Waals surface area contributed by atoms with Gasteiger partial charge < -0.3 is 5.11 Å². The van der Waals surface area contributed by atoms with Gasteiger partial charge in [-0.3, -0.25) is 4.90 Å². The molecule has 64 valence electrons. The minimum atomic E-state index is -0.0926. The van der Waals surface area contributed by atoms with E-state index in [-0.39, 0.29) is 11.6 Å². The molecule has 3 fully saturated rings. The maximum atomic E-state index is 9.89. The van der Waals surface area contributed by atoms with Gasteiger partial charge in [-0.1, -0.05) is 0 Å². The standard InChI is InChI=1S/C9H17NO/c1-9(2)8(11)7-3-5-10(9)6-4-7/h7-8,11H,3-6H2,1-2H3/t8-/m1/s1. The lowest BCUT2D eigenvalue weighted by Crippen LogP contribution is -2.63. The van der Waals surface area contributed by atoms with Gasteiger partial charge in [0.05, 0.1) is 6.10 Å². The minimum Gasteiger partial charge on any atom is -0.391 e. The van der Waals surface area contributed by atoms with Gasteiger partial charge in [-0.2, -0.15) is 0 Å². The van der Waals surface area contributed by atoms with Gasteiger partial charge in [0.2, 0.25) is 0 Å². The average molecular weight is 155 g/mol. The first-order chi connectivity index (χ1) is 5.12. The van der Waals surface area contributed by atoms with E-state index >= 15 is 0 Å². The van der Waals surface area contributed by atoms with Gasteiger partial charge in [0.25, 0.3) is 0 Å². The van der Waals surface area contributed by atoms with Crippen LogP contribution in [0.2, 0.25) is 0 Å². The molecule has 2 heteroatoms. The van der Waals surface area contributed by atoms with Gasteiger partial charge in [0, 0.05) is 5.54 Å². The van der Waals surface area contributed by atoms with Crippen molar-refractivity contribution in [3.8, 4) is 0 Å². The lowest BCUT2D eigenvalue weighted by molar-refractivity contribution is -0.117. The van der Waals surface area contributed by atoms with E-state index in [0.717, 1.165) is 0 Å². The molecule has 1 N–H and O–H groups in total. The molecular formula is C9H17NO. The Bertz CT molecular complexity index is 155. The van der Waals surface area contributed by atoms with E-state index in [1.807, 2.05) is 0 Å². The molecule has 0 aromatic rings. The predicted octanol–water partition coefficient (Wildman–Crippen LogP) is 0.851. The SMILES string of the molecule is CC1(C)[C@H](O)C2CCN1CC2. The van der Waals surface area contributed by atoms with Crippen LogP contribution in [-0.2, 0) is 0 Å². The highest BCUT2D eigenvalue weighted by Gasteiger charge is 2.46. The first-order valence-corrected chi connectivity index (χ1v) is 4.55. The van der Waals surface area contributed by atoms with Gasteiger partial charge >= 0.3 is 0 Å². The number of hydrogen-bond donors (Lipinski definition) is 1. The van der Waals surface area contributed by atoms with Crippen molar-refractivity contribution in [2.45, 2.75) is 38.3 Å². The Hall–Kier alpha value is -0.0800. The Kier molecular flexibility index (Phi) is 1.52. The zero-order chi connectivity index (χ0) is 8.06. The fraction of sp³-hybridized carbons (Fsp3) is 1.00. The summed E-state index contributed by atoms with van der Waals surface area (Å²) in [4.78, 5) is 2.41. The summed E-state index contributed by atoms with van der Waals surface area (Å²) in [6, 6.07) is 0. The molecule has 0 radical (unpaired) electrons. The molecule has 0 unspecified atom stereocenters. The Balaban J connectivity index is 2.23. The summed E-state index contributed by atoms with van der Waals surface area (Å²) in [6.45, 7) is 6.69. The van der Waals surface area contributed by atoms with E-state index in [0.29, 0.717) is 5.92 Å². The summed E-state index contributed by atoms with van der Waals surface area (Å²) >= 11 is 0. The van der Waals surface area contributed by atoms with Gasteiger partial charge in [-0.05, 0) is 45.7 Å². The van der Waals surface area contributed by atoms with Crippen LogP contribution in [0.5, 0.6) is 0 Å². The van der Waals surface area contributed by atoms with Crippen molar-refractivity contribution < 1.29 is 5.11 Å². The van der Waals surface area contributed by atoms with Crippen LogP contribution in [0.25, 0.3) is 0 Å². The molecular weight excluding hydrogens is 138 g/mol. The highest BCUT2D eigenvalue weighted by molar-refractivity contribution is 5.00. The Morgan fingerprint density at radius 2 is 1.82 bits per heavy atom. The zero-order valence-corrected chi connectivity index (χ0v) is 7.38. The van der Waals surface area contributed by atoms with Crippen LogP contribution < -0.4 is 0 Å². The molecule has 0 spiro atoms. The maximum Gasteiger partial charge on any atom is 0.0747 e. The third kappa shape index (κ3) is 0.926. The van der Waals surface area contributed by atoms with Crippen LogP contribution in [0.1, 0.15) is 26.7 Å². The number of piperidine rings is 3. The quantitative estimate of drug-likeness (QED) is 0.560. The molecule has 0 amide bonds. The van der Waals surface area contributed by atoms with E-state index in [9.17, 15) is 5.11 Å². The Labute approximate surface area is 68.2 Å². The molecule has 3 aliphatic rings. The second kappa shape index (κ2) is 2.20. The molecule has 0 aromatic heterocycles. The smallest absolute Gasteiger partial charge is 0.0747 e. The zero-order valence-electron chi connectivity index (χ0n) is 7.38. The fourth-order valence-corrected chi connectivity index (χ4v) is 2.56. The number of rotatable bonds is 0. The van der Waals surface area contributed by atoms with Crippen LogP contribution in [0.3, 0.4) is 0 Å². The molecule has 1 atom stereocenters. The Morgan fingerprint density at radius 3 is 2.09 bits per heavy atom. The molecule has 0 saturated carbocycles. The molecule has 3 aliphatic heterocycles. The van der Waals surface area contributed by atoms with Crippen molar-refractivity contribution >= 4 is 0 Å². The molecule has 3 heterocycles. The summed E-state index contributed by atoms with van der Waals surface area (Å²) in [5, 5.41) is 9.89. The van der Waals surface area contributed by atoms with E-state index in [4.69, 9.17) is 0 Å². The van der Waals surface area contributed by atoms with Crippen LogP contribution >= 0.6 is 0 Å². The monoisotopic (exact) mass is 155 g/mol. The number of nitrogens with zero attached hydrogens (tertiary/aromatic N) is 1. The van der Waals surface area contributed by atoms with E-state index < -0.39 is 0 Å². The van der Waals surface area contributed by atoms with Crippen LogP contribution in [0.15, 0.2) is 0 Å². The molecule has 0 aromatic carbocycles. The summed E-state index contributed by atoms with van der Waals surface area (Å²) < 4.78 is 0. The van der Waals surface area contributed by atoms with Crippen LogP contribution in [-0.4, -0.2) is 34.7 Å². The van der Waals surface area contributed by atoms with E-state index in [1.54, 1.807) is 0 Å². The minimum absolute atomic E-state index is 0.0428. The van der Waals surface area contributed by atoms with Crippen molar-refractivity contribution in [1.29, 1.82) is 0 Å². The number of fused-ring (bicyclic) bond motifs is 3. The second-order valence-corrected chi connectivity index (χ2v) is 4.42. The second-order valence-electron chi connectivity index (χ2n) is 4.42. The fourth-order valence-electron chi connectivity index (χ4n) is 2.56. The summed E-state index contributed by atoms with van der Waals surface area (Å²) in [5.74, 6) is 0.579. The lowest BCUT2D eigenvalue weighted by Gasteiger charge is -2.54. The molecule has 3 rings (SSSR count). The average Bonchev–Trinajstić information content (AvgIpc) is 2.01. The van der Waals surface area contributed by atoms with Crippen molar-refractivity contribution in [1.82, 2.24) is 4.90 Å². The predicted molar refractivity (Wildman–Crippen MR) is 44.4 cm³/mol. The first kappa shape index (κ1) is 7.56. The van der Waals surface area contributed by atoms with Crippen molar-refractivity contribution in [3.05, 3.63) is 0 Å². The van der Waals surface area contributed by atoms with Crippen molar-refractivity contribution in [2.75, 3.05) is 13.1 Å². The molecule has 2 nitrogen and oxygen atoms in total. The molecule has 2 bridgehead atoms. The van der Waals surface area contributed by atoms with Gasteiger partial charge in [-0.25, -0.2) is 0 Å². The highest BCUT2D eigenvalue weighted by Crippen LogP contribution is 2.38. The lowest BCUT2D eigenvalue weighted by atomic mass is 9.74. The topological polar surface area (TPSA) is 23.5 Å². The number of aliphatic hydroxyl groups excluding tert-OH is 1. The van der Waals surface area contributed by atoms with E-state index in [2.05, 4.69) is 18.7 Å². The number of aliphatic hydroxyl groups is 1. The van der Waals surface area contributed by atoms with Gasteiger partial charge in [0.15, 0.2) is 0 Å². The van der Waals surface area contributed by atoms with Gasteiger partial charge in [0.1, 0.15) is 0 Å². The largest absolute Gasteiger partial charge is 0.391 e. The number of hydrogen-bond acceptors (Lipinski definition) is 2. The third-order valence-corrected chi connectivity index (χ3v) is 3.52. The summed E-state index contributed by atoms with van der Waals surface area (Å²) in [6.07, 6.45) is 2.31. The maximum absolute atomic E-state index is 9.89. The highest BCUT2D eigenvalue weighted by atomic mass is 16.3. The van der Waals surface area contributed by atoms with Crippen molar-refractivity contribution in [2.24, 2.45) is 5.92 Å². The van der Waals surface area contributed by atoms with Gasteiger partial charge in [-0.15, -0.1) is 0 Å². The van der Waals surface area contributed by atoms with Crippen molar-refractivity contribution in [3.63, 3.8) is 0 Å². The summed E-state index contributed by atoms with van der Waals surface area (Å²) in [5.41, 5.74) is 0.0428. The molecule has 11 heavy (non-hydrogen) atoms. The summed E-state index contributed by atoms with van der Waals surface area (Å²) in [7, 11) is 0. The van der Waals surface area contributed by atoms with Crippen LogP contribution in [0, 0.1) is 5.92 Å². The first-order valence-electron chi connectivity index (χ1n) is 4.55. The molecule has 0 aliphatic carbocycles.